The van der Waals surface area contributed by atoms with Gasteiger partial charge in [-0.25, -0.2) is 4.39 Å². The van der Waals surface area contributed by atoms with Crippen LogP contribution >= 0.6 is 0 Å². The van der Waals surface area contributed by atoms with Crippen LogP contribution in [0.2, 0.25) is 0 Å². The summed E-state index contributed by atoms with van der Waals surface area (Å²) < 4.78 is 13.0. The van der Waals surface area contributed by atoms with Gasteiger partial charge in [-0.2, -0.15) is 0 Å². The summed E-state index contributed by atoms with van der Waals surface area (Å²) in [6.07, 6.45) is 1.01. The van der Waals surface area contributed by atoms with Crippen molar-refractivity contribution in [1.82, 2.24) is 9.80 Å². The molecule has 0 spiro atoms. The van der Waals surface area contributed by atoms with Gasteiger partial charge in [0.25, 0.3) is 5.91 Å². The fourth-order valence-corrected chi connectivity index (χ4v) is 3.48. The monoisotopic (exact) mass is 368 g/mol. The fraction of sp³-hybridized carbons (Fsp3) is 0.364. The molecule has 0 aromatic heterocycles. The zero-order valence-electron chi connectivity index (χ0n) is 15.9. The zero-order chi connectivity index (χ0) is 19.4. The fourth-order valence-electron chi connectivity index (χ4n) is 3.48. The summed E-state index contributed by atoms with van der Waals surface area (Å²) in [7, 11) is 0. The summed E-state index contributed by atoms with van der Waals surface area (Å²) in [5, 5.41) is 0. The summed E-state index contributed by atoms with van der Waals surface area (Å²) in [5.41, 5.74) is 3.64. The molecular formula is C22H25FN2O2. The second kappa shape index (κ2) is 8.33. The minimum Gasteiger partial charge on any atom is -0.341 e. The van der Waals surface area contributed by atoms with Crippen molar-refractivity contribution >= 4 is 11.8 Å². The predicted molar refractivity (Wildman–Crippen MR) is 103 cm³/mol. The molecule has 0 bridgehead atoms. The van der Waals surface area contributed by atoms with Crippen LogP contribution in [-0.4, -0.2) is 47.8 Å². The van der Waals surface area contributed by atoms with Crippen molar-refractivity contribution in [3.8, 4) is 0 Å². The molecule has 0 unspecified atom stereocenters. The van der Waals surface area contributed by atoms with Gasteiger partial charge in [0.1, 0.15) is 5.82 Å². The van der Waals surface area contributed by atoms with Crippen LogP contribution in [0.5, 0.6) is 0 Å². The van der Waals surface area contributed by atoms with Gasteiger partial charge < -0.3 is 9.80 Å². The van der Waals surface area contributed by atoms with Gasteiger partial charge in [0.15, 0.2) is 0 Å². The number of nitrogens with zero attached hydrogens (tertiary/aromatic N) is 2. The highest BCUT2D eigenvalue weighted by Crippen LogP contribution is 2.15. The maximum Gasteiger partial charge on any atom is 0.254 e. The third-order valence-corrected chi connectivity index (χ3v) is 5.02. The number of amides is 2. The van der Waals surface area contributed by atoms with E-state index in [2.05, 4.69) is 0 Å². The Morgan fingerprint density at radius 1 is 0.926 bits per heavy atom. The van der Waals surface area contributed by atoms with Crippen molar-refractivity contribution in [2.75, 3.05) is 26.2 Å². The molecule has 142 valence electrons. The normalized spacial score (nSPS) is 14.8. The first kappa shape index (κ1) is 19.1. The van der Waals surface area contributed by atoms with Gasteiger partial charge in [0.2, 0.25) is 5.91 Å². The molecule has 1 heterocycles. The van der Waals surface area contributed by atoms with Crippen LogP contribution in [0.4, 0.5) is 4.39 Å². The molecule has 1 aliphatic rings. The van der Waals surface area contributed by atoms with E-state index >= 15 is 0 Å². The van der Waals surface area contributed by atoms with E-state index in [1.54, 1.807) is 17.0 Å². The van der Waals surface area contributed by atoms with Crippen LogP contribution in [0.1, 0.15) is 33.5 Å². The second-order valence-corrected chi connectivity index (χ2v) is 7.15. The van der Waals surface area contributed by atoms with Gasteiger partial charge in [-0.3, -0.25) is 9.59 Å². The van der Waals surface area contributed by atoms with E-state index in [9.17, 15) is 14.0 Å². The van der Waals surface area contributed by atoms with Crippen molar-refractivity contribution < 1.29 is 14.0 Å². The molecule has 0 aliphatic carbocycles. The quantitative estimate of drug-likeness (QED) is 0.834. The van der Waals surface area contributed by atoms with Gasteiger partial charge in [-0.1, -0.05) is 29.8 Å². The minimum atomic E-state index is -0.304. The van der Waals surface area contributed by atoms with E-state index in [4.69, 9.17) is 0 Å². The number of aryl methyl sites for hydroxylation is 2. The third kappa shape index (κ3) is 4.73. The van der Waals surface area contributed by atoms with Crippen molar-refractivity contribution in [2.24, 2.45) is 0 Å². The number of benzene rings is 2. The van der Waals surface area contributed by atoms with E-state index in [1.807, 2.05) is 36.9 Å². The molecular weight excluding hydrogens is 343 g/mol. The lowest BCUT2D eigenvalue weighted by atomic mass is 10.0. The molecule has 0 saturated carbocycles. The lowest BCUT2D eigenvalue weighted by Gasteiger charge is -2.23. The summed E-state index contributed by atoms with van der Waals surface area (Å²) in [5.74, 6) is -0.260. The van der Waals surface area contributed by atoms with E-state index in [1.165, 1.54) is 12.1 Å². The molecule has 27 heavy (non-hydrogen) atoms. The lowest BCUT2D eigenvalue weighted by Crippen LogP contribution is -2.38. The Labute approximate surface area is 159 Å². The zero-order valence-corrected chi connectivity index (χ0v) is 15.9. The Hall–Kier alpha value is -2.69. The maximum absolute atomic E-state index is 13.0. The number of rotatable bonds is 3. The Kier molecular flexibility index (Phi) is 5.89. The first-order valence-corrected chi connectivity index (χ1v) is 9.33. The maximum atomic E-state index is 13.0. The third-order valence-electron chi connectivity index (χ3n) is 5.02. The van der Waals surface area contributed by atoms with Crippen LogP contribution < -0.4 is 0 Å². The standard InChI is InChI=1S/C22H25FN2O2/c1-16-4-9-20(17(2)14-16)22(27)25-11-3-10-24(12-13-25)21(26)15-18-5-7-19(23)8-6-18/h4-9,14H,3,10-13,15H2,1-2H3. The minimum absolute atomic E-state index is 0.0161. The van der Waals surface area contributed by atoms with Crippen LogP contribution in [0.3, 0.4) is 0 Å². The smallest absolute Gasteiger partial charge is 0.254 e. The highest BCUT2D eigenvalue weighted by molar-refractivity contribution is 5.95. The molecule has 1 fully saturated rings. The number of hydrogen-bond acceptors (Lipinski definition) is 2. The number of carbonyl (C=O) groups excluding carboxylic acids is 2. The summed E-state index contributed by atoms with van der Waals surface area (Å²) in [6, 6.07) is 11.9. The van der Waals surface area contributed by atoms with Crippen molar-refractivity contribution in [3.63, 3.8) is 0 Å². The first-order chi connectivity index (χ1) is 12.9. The molecule has 1 aliphatic heterocycles. The molecule has 2 amide bonds. The van der Waals surface area contributed by atoms with Crippen LogP contribution in [0.25, 0.3) is 0 Å². The van der Waals surface area contributed by atoms with Gasteiger partial charge >= 0.3 is 0 Å². The van der Waals surface area contributed by atoms with Crippen LogP contribution in [0.15, 0.2) is 42.5 Å². The van der Waals surface area contributed by atoms with Gasteiger partial charge in [0, 0.05) is 31.7 Å². The highest BCUT2D eigenvalue weighted by Gasteiger charge is 2.23. The predicted octanol–water partition coefficient (Wildman–Crippen LogP) is 3.36. The van der Waals surface area contributed by atoms with E-state index in [0.29, 0.717) is 26.2 Å². The average Bonchev–Trinajstić information content (AvgIpc) is 2.89. The first-order valence-electron chi connectivity index (χ1n) is 9.33. The van der Waals surface area contributed by atoms with Gasteiger partial charge in [-0.15, -0.1) is 0 Å². The van der Waals surface area contributed by atoms with Crippen LogP contribution in [0, 0.1) is 19.7 Å². The number of hydrogen-bond donors (Lipinski definition) is 0. The Bertz CT molecular complexity index is 833. The van der Waals surface area contributed by atoms with Crippen LogP contribution in [-0.2, 0) is 11.2 Å². The number of halogens is 1. The second-order valence-electron chi connectivity index (χ2n) is 7.15. The summed E-state index contributed by atoms with van der Waals surface area (Å²) >= 11 is 0. The topological polar surface area (TPSA) is 40.6 Å². The molecule has 2 aromatic rings. The summed E-state index contributed by atoms with van der Waals surface area (Å²) in [6.45, 7) is 6.30. The number of carbonyl (C=O) groups is 2. The Morgan fingerprint density at radius 2 is 1.59 bits per heavy atom. The SMILES string of the molecule is Cc1ccc(C(=O)N2CCCN(C(=O)Cc3ccc(F)cc3)CC2)c(C)c1. The average molecular weight is 368 g/mol. The molecule has 0 atom stereocenters. The molecule has 4 nitrogen and oxygen atoms in total. The van der Waals surface area contributed by atoms with E-state index in [-0.39, 0.29) is 24.1 Å². The molecule has 1 saturated heterocycles. The van der Waals surface area contributed by atoms with Crippen molar-refractivity contribution in [3.05, 3.63) is 70.5 Å². The molecule has 3 rings (SSSR count). The van der Waals surface area contributed by atoms with Gasteiger partial charge in [-0.05, 0) is 49.6 Å². The lowest BCUT2D eigenvalue weighted by molar-refractivity contribution is -0.130. The highest BCUT2D eigenvalue weighted by atomic mass is 19.1. The summed E-state index contributed by atoms with van der Waals surface area (Å²) in [4.78, 5) is 29.1. The van der Waals surface area contributed by atoms with E-state index in [0.717, 1.165) is 28.7 Å². The van der Waals surface area contributed by atoms with E-state index < -0.39 is 0 Å². The molecule has 0 N–H and O–H groups in total. The van der Waals surface area contributed by atoms with Crippen molar-refractivity contribution in [1.29, 1.82) is 0 Å². The van der Waals surface area contributed by atoms with Gasteiger partial charge in [0.05, 0.1) is 6.42 Å². The Morgan fingerprint density at radius 3 is 2.30 bits per heavy atom. The Balaban J connectivity index is 1.62. The van der Waals surface area contributed by atoms with Crippen molar-refractivity contribution in [2.45, 2.75) is 26.7 Å². The molecule has 2 aromatic carbocycles. The molecule has 0 radical (unpaired) electrons. The molecule has 5 heteroatoms. The largest absolute Gasteiger partial charge is 0.341 e.